The van der Waals surface area contributed by atoms with Crippen LogP contribution < -0.4 is 11.1 Å². The van der Waals surface area contributed by atoms with E-state index < -0.39 is 0 Å². The van der Waals surface area contributed by atoms with E-state index in [9.17, 15) is 4.79 Å². The number of rotatable bonds is 6. The molecule has 0 radical (unpaired) electrons. The van der Waals surface area contributed by atoms with Gasteiger partial charge in [-0.05, 0) is 25.5 Å². The molecule has 1 fully saturated rings. The van der Waals surface area contributed by atoms with Crippen LogP contribution in [-0.2, 0) is 0 Å². The Balaban J connectivity index is 1.85. The van der Waals surface area contributed by atoms with Gasteiger partial charge in [0.2, 0.25) is 0 Å². The lowest BCUT2D eigenvalue weighted by Crippen LogP contribution is -2.36. The fourth-order valence-electron chi connectivity index (χ4n) is 2.08. The van der Waals surface area contributed by atoms with Crippen LogP contribution in [-0.4, -0.2) is 41.5 Å². The number of nitrogens with zero attached hydrogens (tertiary/aromatic N) is 2. The number of halogens is 1. The Morgan fingerprint density at radius 3 is 3.00 bits per heavy atom. The van der Waals surface area contributed by atoms with Crippen molar-refractivity contribution in [1.29, 1.82) is 0 Å². The second-order valence-electron chi connectivity index (χ2n) is 4.71. The smallest absolute Gasteiger partial charge is 0.253 e. The molecule has 1 aromatic heterocycles. The van der Waals surface area contributed by atoms with Crippen LogP contribution in [0.2, 0.25) is 5.15 Å². The van der Waals surface area contributed by atoms with Crippen molar-refractivity contribution in [3.8, 4) is 0 Å². The summed E-state index contributed by atoms with van der Waals surface area (Å²) in [6.07, 6.45) is 3.95. The molecule has 0 atom stereocenters. The molecule has 2 rings (SSSR count). The second kappa shape index (κ2) is 6.21. The molecule has 0 saturated heterocycles. The van der Waals surface area contributed by atoms with E-state index in [2.05, 4.69) is 22.1 Å². The monoisotopic (exact) mass is 282 g/mol. The highest BCUT2D eigenvalue weighted by Gasteiger charge is 2.27. The predicted octanol–water partition coefficient (Wildman–Crippen LogP) is 1.53. The summed E-state index contributed by atoms with van der Waals surface area (Å²) in [4.78, 5) is 18.2. The molecule has 0 aromatic carbocycles. The van der Waals surface area contributed by atoms with Gasteiger partial charge in [-0.3, -0.25) is 9.69 Å². The molecule has 0 unspecified atom stereocenters. The molecule has 0 spiro atoms. The van der Waals surface area contributed by atoms with Gasteiger partial charge >= 0.3 is 0 Å². The van der Waals surface area contributed by atoms with Crippen LogP contribution in [0.4, 0.5) is 5.69 Å². The summed E-state index contributed by atoms with van der Waals surface area (Å²) in [5.74, 6) is -0.200. The molecule has 1 amide bonds. The van der Waals surface area contributed by atoms with Crippen molar-refractivity contribution in [3.63, 3.8) is 0 Å². The summed E-state index contributed by atoms with van der Waals surface area (Å²) < 4.78 is 0. The normalized spacial score (nSPS) is 14.7. The lowest BCUT2D eigenvalue weighted by atomic mass is 10.2. The predicted molar refractivity (Wildman–Crippen MR) is 76.3 cm³/mol. The van der Waals surface area contributed by atoms with E-state index in [-0.39, 0.29) is 11.1 Å². The number of amides is 1. The van der Waals surface area contributed by atoms with E-state index >= 15 is 0 Å². The topological polar surface area (TPSA) is 71.2 Å². The van der Waals surface area contributed by atoms with Crippen LogP contribution in [0.5, 0.6) is 0 Å². The average Bonchev–Trinajstić information content (AvgIpc) is 3.21. The molecule has 1 heterocycles. The molecule has 0 bridgehead atoms. The minimum Gasteiger partial charge on any atom is -0.397 e. The van der Waals surface area contributed by atoms with Crippen LogP contribution in [0.3, 0.4) is 0 Å². The van der Waals surface area contributed by atoms with Gasteiger partial charge in [-0.15, -0.1) is 0 Å². The maximum atomic E-state index is 12.0. The second-order valence-corrected chi connectivity index (χ2v) is 5.10. The molecule has 1 aromatic rings. The van der Waals surface area contributed by atoms with Crippen molar-refractivity contribution in [1.82, 2.24) is 15.2 Å². The quantitative estimate of drug-likeness (QED) is 0.776. The van der Waals surface area contributed by atoms with Gasteiger partial charge in [0.15, 0.2) is 0 Å². The molecule has 19 heavy (non-hydrogen) atoms. The third-order valence-corrected chi connectivity index (χ3v) is 3.51. The number of carbonyl (C=O) groups excluding carboxylic acids is 1. The van der Waals surface area contributed by atoms with Crippen LogP contribution in [0.1, 0.15) is 30.1 Å². The third kappa shape index (κ3) is 3.81. The van der Waals surface area contributed by atoms with E-state index in [0.29, 0.717) is 23.8 Å². The molecule has 6 heteroatoms. The highest BCUT2D eigenvalue weighted by molar-refractivity contribution is 6.29. The Bertz CT molecular complexity index is 462. The number of aromatic nitrogens is 1. The highest BCUT2D eigenvalue weighted by Crippen LogP contribution is 2.25. The lowest BCUT2D eigenvalue weighted by molar-refractivity contribution is 0.0948. The van der Waals surface area contributed by atoms with Gasteiger partial charge in [0.1, 0.15) is 5.15 Å². The molecule has 1 saturated carbocycles. The summed E-state index contributed by atoms with van der Waals surface area (Å²) >= 11 is 5.76. The van der Waals surface area contributed by atoms with Gasteiger partial charge in [-0.1, -0.05) is 18.5 Å². The molecule has 1 aliphatic carbocycles. The van der Waals surface area contributed by atoms with Gasteiger partial charge in [-0.2, -0.15) is 0 Å². The lowest BCUT2D eigenvalue weighted by Gasteiger charge is -2.19. The summed E-state index contributed by atoms with van der Waals surface area (Å²) in [7, 11) is 0. The summed E-state index contributed by atoms with van der Waals surface area (Å²) in [5, 5.41) is 3.14. The summed E-state index contributed by atoms with van der Waals surface area (Å²) in [5.41, 5.74) is 6.44. The van der Waals surface area contributed by atoms with Gasteiger partial charge in [0.05, 0.1) is 17.4 Å². The molecular weight excluding hydrogens is 264 g/mol. The summed E-state index contributed by atoms with van der Waals surface area (Å²) in [6.45, 7) is 4.64. The number of nitrogen functional groups attached to an aromatic ring is 1. The largest absolute Gasteiger partial charge is 0.397 e. The van der Waals surface area contributed by atoms with E-state index in [1.165, 1.54) is 25.1 Å². The molecular formula is C13H19ClN4O. The van der Waals surface area contributed by atoms with Gasteiger partial charge < -0.3 is 11.1 Å². The number of hydrogen-bond donors (Lipinski definition) is 2. The Hall–Kier alpha value is -1.33. The Morgan fingerprint density at radius 1 is 1.63 bits per heavy atom. The van der Waals surface area contributed by atoms with Crippen LogP contribution in [0.25, 0.3) is 0 Å². The number of nitrogens with one attached hydrogen (secondary N) is 1. The summed E-state index contributed by atoms with van der Waals surface area (Å²) in [6, 6.07) is 2.20. The molecule has 1 aliphatic rings. The van der Waals surface area contributed by atoms with Crippen LogP contribution in [0, 0.1) is 0 Å². The van der Waals surface area contributed by atoms with Crippen molar-refractivity contribution >= 4 is 23.2 Å². The first-order valence-electron chi connectivity index (χ1n) is 6.55. The zero-order valence-corrected chi connectivity index (χ0v) is 11.8. The van der Waals surface area contributed by atoms with E-state index in [0.717, 1.165) is 13.1 Å². The first-order valence-corrected chi connectivity index (χ1v) is 6.93. The Labute approximate surface area is 118 Å². The fourth-order valence-corrected chi connectivity index (χ4v) is 2.24. The first-order chi connectivity index (χ1) is 9.11. The number of carbonyl (C=O) groups is 1. The zero-order valence-electron chi connectivity index (χ0n) is 11.0. The van der Waals surface area contributed by atoms with Gasteiger partial charge in [0.25, 0.3) is 5.91 Å². The van der Waals surface area contributed by atoms with E-state index in [1.54, 1.807) is 0 Å². The number of hydrogen-bond acceptors (Lipinski definition) is 4. The van der Waals surface area contributed by atoms with Crippen molar-refractivity contribution < 1.29 is 4.79 Å². The minimum atomic E-state index is -0.200. The maximum Gasteiger partial charge on any atom is 0.253 e. The third-order valence-electron chi connectivity index (χ3n) is 3.30. The van der Waals surface area contributed by atoms with E-state index in [4.69, 9.17) is 17.3 Å². The molecule has 104 valence electrons. The fraction of sp³-hybridized carbons (Fsp3) is 0.538. The number of nitrogens with two attached hydrogens (primary N) is 1. The highest BCUT2D eigenvalue weighted by atomic mass is 35.5. The van der Waals surface area contributed by atoms with Crippen LogP contribution >= 0.6 is 11.6 Å². The average molecular weight is 283 g/mol. The van der Waals surface area contributed by atoms with Gasteiger partial charge in [0, 0.05) is 19.1 Å². The number of anilines is 1. The Morgan fingerprint density at radius 2 is 2.37 bits per heavy atom. The number of likely N-dealkylation sites (N-methyl/N-ethyl adjacent to an activating group) is 1. The van der Waals surface area contributed by atoms with Crippen molar-refractivity contribution in [2.45, 2.75) is 25.8 Å². The van der Waals surface area contributed by atoms with Crippen molar-refractivity contribution in [3.05, 3.63) is 23.0 Å². The molecule has 3 N–H and O–H groups in total. The maximum absolute atomic E-state index is 12.0. The SMILES string of the molecule is CCN(CCNC(=O)c1cc(Cl)ncc1N)C1CC1. The number of pyridine rings is 1. The Kier molecular flexibility index (Phi) is 4.61. The standard InChI is InChI=1S/C13H19ClN4O/c1-2-18(9-3-4-9)6-5-16-13(19)10-7-12(14)17-8-11(10)15/h7-9H,2-6,15H2,1H3,(H,16,19). The van der Waals surface area contributed by atoms with E-state index in [1.807, 2.05) is 0 Å². The molecule has 5 nitrogen and oxygen atoms in total. The first kappa shape index (κ1) is 14.1. The van der Waals surface area contributed by atoms with Crippen molar-refractivity contribution in [2.24, 2.45) is 0 Å². The van der Waals surface area contributed by atoms with Crippen molar-refractivity contribution in [2.75, 3.05) is 25.4 Å². The minimum absolute atomic E-state index is 0.200. The molecule has 0 aliphatic heterocycles. The van der Waals surface area contributed by atoms with Gasteiger partial charge in [-0.25, -0.2) is 4.98 Å². The van der Waals surface area contributed by atoms with Crippen LogP contribution in [0.15, 0.2) is 12.3 Å². The zero-order chi connectivity index (χ0) is 13.8.